The fraction of sp³-hybridized carbons (Fsp3) is 0.200. The van der Waals surface area contributed by atoms with Crippen molar-refractivity contribution in [2.24, 2.45) is 0 Å². The second-order valence-electron chi connectivity index (χ2n) is 4.52. The molecule has 0 fully saturated rings. The van der Waals surface area contributed by atoms with E-state index in [9.17, 15) is 0 Å². The van der Waals surface area contributed by atoms with Crippen LogP contribution in [0.2, 0.25) is 0 Å². The fourth-order valence-corrected chi connectivity index (χ4v) is 4.03. The molecule has 1 heteroatoms. The first kappa shape index (κ1) is 8.77. The van der Waals surface area contributed by atoms with E-state index in [1.54, 1.807) is 5.57 Å². The van der Waals surface area contributed by atoms with E-state index in [0.29, 0.717) is 0 Å². The van der Waals surface area contributed by atoms with Crippen molar-refractivity contribution in [2.75, 3.05) is 0 Å². The molecule has 1 aromatic heterocycles. The molecule has 0 atom stereocenters. The van der Waals surface area contributed by atoms with Gasteiger partial charge in [-0.2, -0.15) is 0 Å². The van der Waals surface area contributed by atoms with Crippen molar-refractivity contribution < 1.29 is 0 Å². The Labute approximate surface area is 98.9 Å². The first-order valence-electron chi connectivity index (χ1n) is 5.86. The largest absolute Gasteiger partial charge is 0.135 e. The summed E-state index contributed by atoms with van der Waals surface area (Å²) in [6, 6.07) is 8.76. The third kappa shape index (κ3) is 1.04. The molecule has 1 aromatic carbocycles. The van der Waals surface area contributed by atoms with Crippen LogP contribution in [0.5, 0.6) is 0 Å². The molecule has 0 aliphatic heterocycles. The summed E-state index contributed by atoms with van der Waals surface area (Å²) < 4.78 is 1.43. The van der Waals surface area contributed by atoms with Gasteiger partial charge in [-0.1, -0.05) is 24.3 Å². The van der Waals surface area contributed by atoms with Crippen LogP contribution < -0.4 is 0 Å². The minimum absolute atomic E-state index is 1.25. The Morgan fingerprint density at radius 3 is 3.06 bits per heavy atom. The summed E-state index contributed by atoms with van der Waals surface area (Å²) in [6.45, 7) is 0. The Morgan fingerprint density at radius 1 is 1.12 bits per heavy atom. The van der Waals surface area contributed by atoms with Crippen molar-refractivity contribution in [3.63, 3.8) is 0 Å². The lowest BCUT2D eigenvalue weighted by molar-refractivity contribution is 0.835. The summed E-state index contributed by atoms with van der Waals surface area (Å²) in [6.07, 6.45) is 8.68. The molecule has 16 heavy (non-hydrogen) atoms. The van der Waals surface area contributed by atoms with Crippen LogP contribution in [0.25, 0.3) is 21.7 Å². The van der Waals surface area contributed by atoms with Gasteiger partial charge >= 0.3 is 0 Å². The van der Waals surface area contributed by atoms with Crippen LogP contribution in [-0.4, -0.2) is 0 Å². The third-order valence-electron chi connectivity index (χ3n) is 3.54. The quantitative estimate of drug-likeness (QED) is 0.599. The lowest BCUT2D eigenvalue weighted by atomic mass is 9.96. The first-order chi connectivity index (χ1) is 7.93. The topological polar surface area (TPSA) is 0 Å². The van der Waals surface area contributed by atoms with Crippen molar-refractivity contribution in [3.8, 4) is 0 Å². The maximum Gasteiger partial charge on any atom is 0.0427 e. The summed E-state index contributed by atoms with van der Waals surface area (Å²) in [5.74, 6) is 0. The Balaban J connectivity index is 2.08. The molecule has 0 saturated carbocycles. The zero-order valence-electron chi connectivity index (χ0n) is 8.99. The van der Waals surface area contributed by atoms with E-state index in [1.165, 1.54) is 45.4 Å². The molecule has 78 valence electrons. The van der Waals surface area contributed by atoms with Crippen LogP contribution in [0.4, 0.5) is 0 Å². The van der Waals surface area contributed by atoms with Gasteiger partial charge in [0, 0.05) is 20.5 Å². The van der Waals surface area contributed by atoms with Crippen LogP contribution >= 0.6 is 11.3 Å². The van der Waals surface area contributed by atoms with Crippen LogP contribution in [0.3, 0.4) is 0 Å². The molecule has 0 spiro atoms. The maximum atomic E-state index is 2.43. The zero-order chi connectivity index (χ0) is 10.5. The van der Waals surface area contributed by atoms with Gasteiger partial charge in [0.15, 0.2) is 0 Å². The van der Waals surface area contributed by atoms with Crippen molar-refractivity contribution in [1.82, 2.24) is 0 Å². The summed E-state index contributed by atoms with van der Waals surface area (Å²) in [5, 5.41) is 1.44. The van der Waals surface area contributed by atoms with E-state index in [0.717, 1.165) is 0 Å². The van der Waals surface area contributed by atoms with Crippen molar-refractivity contribution in [1.29, 1.82) is 0 Å². The van der Waals surface area contributed by atoms with Gasteiger partial charge < -0.3 is 0 Å². The average Bonchev–Trinajstić information content (AvgIpc) is 2.85. The van der Waals surface area contributed by atoms with E-state index >= 15 is 0 Å². The molecule has 2 aromatic rings. The lowest BCUT2D eigenvalue weighted by Gasteiger charge is -2.10. The molecule has 0 amide bonds. The van der Waals surface area contributed by atoms with Gasteiger partial charge in [-0.05, 0) is 42.6 Å². The second-order valence-corrected chi connectivity index (χ2v) is 5.57. The smallest absolute Gasteiger partial charge is 0.0427 e. The third-order valence-corrected chi connectivity index (χ3v) is 4.76. The number of benzene rings is 1. The molecule has 0 unspecified atom stereocenters. The molecular formula is C15H12S. The van der Waals surface area contributed by atoms with E-state index in [4.69, 9.17) is 0 Å². The molecule has 0 nitrogen and oxygen atoms in total. The number of fused-ring (bicyclic) bond motifs is 5. The van der Waals surface area contributed by atoms with Crippen molar-refractivity contribution in [2.45, 2.75) is 19.3 Å². The van der Waals surface area contributed by atoms with E-state index in [2.05, 4.69) is 36.4 Å². The molecule has 2 aliphatic carbocycles. The van der Waals surface area contributed by atoms with E-state index < -0.39 is 0 Å². The SMILES string of the molecule is C1=C2CCCC=C2c2sc3ccccc3c21. The normalized spacial score (nSPS) is 18.0. The predicted molar refractivity (Wildman–Crippen MR) is 71.6 cm³/mol. The predicted octanol–water partition coefficient (Wildman–Crippen LogP) is 4.87. The number of hydrogen-bond acceptors (Lipinski definition) is 1. The van der Waals surface area contributed by atoms with Crippen LogP contribution in [0, 0.1) is 0 Å². The second kappa shape index (κ2) is 3.08. The van der Waals surface area contributed by atoms with Gasteiger partial charge in [0.1, 0.15) is 0 Å². The zero-order valence-corrected chi connectivity index (χ0v) is 9.81. The minimum atomic E-state index is 1.25. The summed E-state index contributed by atoms with van der Waals surface area (Å²) in [5.41, 5.74) is 4.57. The van der Waals surface area contributed by atoms with Gasteiger partial charge in [0.25, 0.3) is 0 Å². The molecule has 2 aliphatic rings. The minimum Gasteiger partial charge on any atom is -0.135 e. The van der Waals surface area contributed by atoms with Gasteiger partial charge in [-0.15, -0.1) is 11.3 Å². The van der Waals surface area contributed by atoms with Crippen molar-refractivity contribution in [3.05, 3.63) is 46.4 Å². The van der Waals surface area contributed by atoms with Gasteiger partial charge in [-0.3, -0.25) is 0 Å². The van der Waals surface area contributed by atoms with Crippen LogP contribution in [0.15, 0.2) is 35.9 Å². The number of allylic oxidation sites excluding steroid dienone is 3. The standard InChI is InChI=1S/C15H12S/c1-2-6-11-10(5-1)9-13-12-7-3-4-8-14(12)16-15(11)13/h3-4,6-9H,1-2,5H2. The molecule has 4 rings (SSSR count). The molecule has 0 bridgehead atoms. The molecule has 1 heterocycles. The summed E-state index contributed by atoms with van der Waals surface area (Å²) in [7, 11) is 0. The molecule has 0 saturated heterocycles. The fourth-order valence-electron chi connectivity index (χ4n) is 2.78. The lowest BCUT2D eigenvalue weighted by Crippen LogP contribution is -1.89. The van der Waals surface area contributed by atoms with Gasteiger partial charge in [0.05, 0.1) is 0 Å². The maximum absolute atomic E-state index is 2.43. The Kier molecular flexibility index (Phi) is 1.69. The highest BCUT2D eigenvalue weighted by atomic mass is 32.1. The first-order valence-corrected chi connectivity index (χ1v) is 6.68. The Morgan fingerprint density at radius 2 is 2.06 bits per heavy atom. The van der Waals surface area contributed by atoms with E-state index in [-0.39, 0.29) is 0 Å². The highest BCUT2D eigenvalue weighted by Gasteiger charge is 2.24. The monoisotopic (exact) mass is 224 g/mol. The Hall–Kier alpha value is -1.34. The molecule has 0 N–H and O–H groups in total. The summed E-state index contributed by atoms with van der Waals surface area (Å²) in [4.78, 5) is 1.51. The highest BCUT2D eigenvalue weighted by molar-refractivity contribution is 7.20. The van der Waals surface area contributed by atoms with Gasteiger partial charge in [-0.25, -0.2) is 0 Å². The molecule has 0 radical (unpaired) electrons. The van der Waals surface area contributed by atoms with Gasteiger partial charge in [0.2, 0.25) is 0 Å². The Bertz CT molecular complexity index is 640. The number of rotatable bonds is 0. The number of thiophene rings is 1. The van der Waals surface area contributed by atoms with Crippen LogP contribution in [0.1, 0.15) is 29.7 Å². The van der Waals surface area contributed by atoms with Crippen LogP contribution in [-0.2, 0) is 0 Å². The average molecular weight is 224 g/mol. The van der Waals surface area contributed by atoms with E-state index in [1.807, 2.05) is 11.3 Å². The molecular weight excluding hydrogens is 212 g/mol. The highest BCUT2D eigenvalue weighted by Crippen LogP contribution is 2.47. The summed E-state index contributed by atoms with van der Waals surface area (Å²) >= 11 is 1.95. The number of hydrogen-bond donors (Lipinski definition) is 0. The van der Waals surface area contributed by atoms with Crippen molar-refractivity contribution >= 4 is 33.1 Å².